The third-order valence-corrected chi connectivity index (χ3v) is 23.9. The fraction of sp³-hybridized carbons (Fsp3) is 0.783. The van der Waals surface area contributed by atoms with Crippen LogP contribution >= 0.6 is 0 Å². The van der Waals surface area contributed by atoms with Gasteiger partial charge in [-0.05, 0) is 96.5 Å². The van der Waals surface area contributed by atoms with Crippen LogP contribution in [0, 0.1) is 0 Å². The van der Waals surface area contributed by atoms with Crippen LogP contribution < -0.4 is 0 Å². The monoisotopic (exact) mass is 1560 g/mol. The van der Waals surface area contributed by atoms with E-state index in [4.69, 9.17) is 0 Å². The van der Waals surface area contributed by atoms with Crippen molar-refractivity contribution in [1.29, 1.82) is 0 Å². The van der Waals surface area contributed by atoms with Gasteiger partial charge in [0.15, 0.2) is 0 Å². The second-order valence-electron chi connectivity index (χ2n) is 31.2. The molecule has 4 rings (SSSR count). The molecule has 0 aliphatic rings. The summed E-state index contributed by atoms with van der Waals surface area (Å²) in [5.41, 5.74) is 4.73. The Bertz CT molecular complexity index is 2570. The molecule has 4 aromatic rings. The van der Waals surface area contributed by atoms with Crippen LogP contribution in [-0.4, -0.2) is 74.8 Å². The summed E-state index contributed by atoms with van der Waals surface area (Å²) >= 11 is 0. The van der Waals surface area contributed by atoms with Crippen molar-refractivity contribution in [2.45, 2.75) is 474 Å². The Morgan fingerprint density at radius 1 is 0.218 bits per heavy atom. The fourth-order valence-electron chi connectivity index (χ4n) is 15.8. The molecule has 0 aromatic heterocycles. The van der Waals surface area contributed by atoms with Crippen molar-refractivity contribution in [3.8, 4) is 0 Å². The summed E-state index contributed by atoms with van der Waals surface area (Å²) in [6.07, 6.45) is 90.0. The van der Waals surface area contributed by atoms with Crippen LogP contribution in [-0.2, 0) is 45.9 Å². The molecule has 0 spiro atoms. The molecule has 0 aliphatic carbocycles. The number of rotatable bonds is 70. The minimum atomic E-state index is -4.53. The van der Waals surface area contributed by atoms with Gasteiger partial charge >= 0.3 is 48.9 Å². The van der Waals surface area contributed by atoms with Gasteiger partial charge < -0.3 is 9.11 Å². The van der Waals surface area contributed by atoms with Gasteiger partial charge in [-0.1, -0.05) is 461 Å². The van der Waals surface area contributed by atoms with Crippen LogP contribution in [0.25, 0.3) is 21.5 Å². The number of hydrogen-bond acceptors (Lipinski definition) is 6. The number of benzene rings is 4. The first kappa shape index (κ1) is 95.9. The van der Waals surface area contributed by atoms with E-state index in [1.54, 1.807) is 12.1 Å². The Morgan fingerprint density at radius 3 is 0.564 bits per heavy atom. The molecule has 0 heterocycles. The minimum Gasteiger partial charge on any atom is -0.744 e. The van der Waals surface area contributed by atoms with Crippen LogP contribution in [0.3, 0.4) is 0 Å². The van der Waals surface area contributed by atoms with Gasteiger partial charge in [0.2, 0.25) is 0 Å². The summed E-state index contributed by atoms with van der Waals surface area (Å²) in [6.45, 7) is 9.14. The molecule has 6 nitrogen and oxygen atoms in total. The Hall–Kier alpha value is -1.21. The minimum absolute atomic E-state index is 0. The number of fused-ring (bicyclic) bond motifs is 2. The second kappa shape index (κ2) is 67.0. The standard InChI is InChI=1S/2C46H80O3S.Ba/c2*1-3-5-7-9-11-13-15-17-19-21-23-25-27-29-31-33-36-42-40-41-43-37-35-39-45(50(47,48)49)46(43)44(42)38-34-32-30-28-26-24-22-20-18-16-14-12-10-8-6-4-2;/h2*35,37,39-41H,3-34,36,38H2,1-2H3,(H,47,48,49);/q;;+2/p-2. The van der Waals surface area contributed by atoms with E-state index >= 15 is 0 Å². The van der Waals surface area contributed by atoms with Crippen molar-refractivity contribution in [1.82, 2.24) is 0 Å². The van der Waals surface area contributed by atoms with Crippen LogP contribution in [0.15, 0.2) is 70.5 Å². The zero-order chi connectivity index (χ0) is 71.9. The molecule has 0 N–H and O–H groups in total. The quantitative estimate of drug-likeness (QED) is 0.0247. The maximum Gasteiger partial charge on any atom is 2.00 e. The first-order valence-corrected chi connectivity index (χ1v) is 46.8. The third kappa shape index (κ3) is 49.5. The average molecular weight is 1560 g/mol. The number of hydrogen-bond donors (Lipinski definition) is 0. The summed E-state index contributed by atoms with van der Waals surface area (Å²) in [5.74, 6) is 0. The van der Waals surface area contributed by atoms with Gasteiger partial charge in [0, 0.05) is 10.8 Å². The first-order valence-electron chi connectivity index (χ1n) is 44.0. The van der Waals surface area contributed by atoms with Crippen molar-refractivity contribution in [3.63, 3.8) is 0 Å². The van der Waals surface area contributed by atoms with Gasteiger partial charge in [-0.2, -0.15) is 0 Å². The third-order valence-electron chi connectivity index (χ3n) is 22.1. The molecule has 0 saturated carbocycles. The molecular weight excluding hydrogens is 1400 g/mol. The molecule has 0 bridgehead atoms. The smallest absolute Gasteiger partial charge is 0.744 e. The Kier molecular flexibility index (Phi) is 63.5. The SMILES string of the molecule is CCCCCCCCCCCCCCCCCCc1ccc2cccc(S(=O)(=O)[O-])c2c1CCCCCCCCCCCCCCCCCC.CCCCCCCCCCCCCCCCCCc1ccc2cccc(S(=O)(=O)[O-])c2c1CCCCCCCCCCCCCCCCCC.[Ba+2]. The summed E-state index contributed by atoms with van der Waals surface area (Å²) in [6, 6.07) is 18.8. The topological polar surface area (TPSA) is 114 Å². The van der Waals surface area contributed by atoms with Crippen LogP contribution in [0.2, 0.25) is 0 Å². The first-order chi connectivity index (χ1) is 49.0. The maximum absolute atomic E-state index is 12.3. The zero-order valence-electron chi connectivity index (χ0n) is 66.8. The second-order valence-corrected chi connectivity index (χ2v) is 33.9. The van der Waals surface area contributed by atoms with Crippen LogP contribution in [0.4, 0.5) is 0 Å². The van der Waals surface area contributed by atoms with Gasteiger partial charge in [-0.3, -0.25) is 0 Å². The van der Waals surface area contributed by atoms with E-state index in [-0.39, 0.29) is 58.7 Å². The molecule has 576 valence electrons. The summed E-state index contributed by atoms with van der Waals surface area (Å²) < 4.78 is 73.8. The van der Waals surface area contributed by atoms with E-state index in [2.05, 4.69) is 39.8 Å². The molecule has 101 heavy (non-hydrogen) atoms. The van der Waals surface area contributed by atoms with E-state index in [0.29, 0.717) is 10.8 Å². The van der Waals surface area contributed by atoms with Gasteiger partial charge in [-0.15, -0.1) is 0 Å². The molecule has 0 atom stereocenters. The van der Waals surface area contributed by atoms with Crippen molar-refractivity contribution in [2.75, 3.05) is 0 Å². The van der Waals surface area contributed by atoms with Crippen molar-refractivity contribution >= 4 is 90.7 Å². The average Bonchev–Trinajstić information content (AvgIpc) is 0.780. The molecule has 9 heteroatoms. The molecule has 0 amide bonds. The summed E-state index contributed by atoms with van der Waals surface area (Å²) in [5, 5.41) is 3.14. The van der Waals surface area contributed by atoms with E-state index in [9.17, 15) is 25.9 Å². The van der Waals surface area contributed by atoms with E-state index in [1.165, 1.54) is 409 Å². The van der Waals surface area contributed by atoms with Crippen LogP contribution in [0.1, 0.15) is 461 Å². The molecule has 0 saturated heterocycles. The van der Waals surface area contributed by atoms with Crippen molar-refractivity contribution in [3.05, 3.63) is 82.9 Å². The van der Waals surface area contributed by atoms with E-state index in [0.717, 1.165) is 73.3 Å². The molecule has 0 unspecified atom stereocenters. The predicted molar refractivity (Wildman–Crippen MR) is 443 cm³/mol. The molecular formula is C92H158BaO6S2. The van der Waals surface area contributed by atoms with Crippen molar-refractivity contribution in [2.24, 2.45) is 0 Å². The maximum atomic E-state index is 12.3. The zero-order valence-corrected chi connectivity index (χ0v) is 72.9. The van der Waals surface area contributed by atoms with Crippen molar-refractivity contribution < 1.29 is 25.9 Å². The Labute approximate surface area is 667 Å². The van der Waals surface area contributed by atoms with E-state index in [1.807, 2.05) is 24.3 Å². The summed E-state index contributed by atoms with van der Waals surface area (Å²) in [7, 11) is -9.06. The molecule has 4 aromatic carbocycles. The van der Waals surface area contributed by atoms with Gasteiger partial charge in [0.1, 0.15) is 20.2 Å². The normalized spacial score (nSPS) is 11.9. The van der Waals surface area contributed by atoms with Gasteiger partial charge in [-0.25, -0.2) is 16.8 Å². The number of aryl methyl sites for hydroxylation is 4. The molecule has 0 fully saturated rings. The Morgan fingerprint density at radius 2 is 0.386 bits per heavy atom. The largest absolute Gasteiger partial charge is 2.00 e. The summed E-state index contributed by atoms with van der Waals surface area (Å²) in [4.78, 5) is -0.0642. The molecule has 0 radical (unpaired) electrons. The Balaban J connectivity index is 0.000000680. The molecule has 0 aliphatic heterocycles. The van der Waals surface area contributed by atoms with Gasteiger partial charge in [0.25, 0.3) is 0 Å². The number of unbranched alkanes of at least 4 members (excludes halogenated alkanes) is 60. The van der Waals surface area contributed by atoms with E-state index < -0.39 is 20.2 Å². The van der Waals surface area contributed by atoms with Crippen LogP contribution in [0.5, 0.6) is 0 Å². The predicted octanol–water partition coefficient (Wildman–Crippen LogP) is 30.3. The van der Waals surface area contributed by atoms with Gasteiger partial charge in [0.05, 0.1) is 9.79 Å². The fourth-order valence-corrected chi connectivity index (χ4v) is 17.3.